The minimum atomic E-state index is -0.0310. The zero-order valence-electron chi connectivity index (χ0n) is 15.3. The van der Waals surface area contributed by atoms with Crippen molar-refractivity contribution in [2.24, 2.45) is 11.7 Å². The van der Waals surface area contributed by atoms with Crippen LogP contribution in [0.2, 0.25) is 0 Å². The van der Waals surface area contributed by atoms with Gasteiger partial charge in [-0.1, -0.05) is 25.5 Å². The lowest BCUT2D eigenvalue weighted by atomic mass is 10.0. The third kappa shape index (κ3) is 4.13. The third-order valence-electron chi connectivity index (χ3n) is 5.24. The Labute approximate surface area is 160 Å². The molecule has 2 atom stereocenters. The van der Waals surface area contributed by atoms with Gasteiger partial charge in [-0.05, 0) is 43.9 Å². The molecule has 2 aromatic rings. The summed E-state index contributed by atoms with van der Waals surface area (Å²) in [5.74, 6) is 0.391. The van der Waals surface area contributed by atoms with E-state index in [2.05, 4.69) is 12.2 Å². The highest BCUT2D eigenvalue weighted by atomic mass is 35.5. The number of carbonyl (C=O) groups excluding carboxylic acids is 1. The summed E-state index contributed by atoms with van der Waals surface area (Å²) < 4.78 is 3.52. The molecule has 0 radical (unpaired) electrons. The number of para-hydroxylation sites is 2. The van der Waals surface area contributed by atoms with Gasteiger partial charge in [-0.2, -0.15) is 0 Å². The summed E-state index contributed by atoms with van der Waals surface area (Å²) in [5, 5.41) is 3.11. The van der Waals surface area contributed by atoms with E-state index in [4.69, 9.17) is 5.73 Å². The number of hydrogen-bond donors (Lipinski definition) is 2. The molecular formula is C19H29ClN4O2. The maximum Gasteiger partial charge on any atom is 0.329 e. The van der Waals surface area contributed by atoms with Crippen LogP contribution in [0.4, 0.5) is 0 Å². The van der Waals surface area contributed by atoms with Gasteiger partial charge in [0.25, 0.3) is 0 Å². The Morgan fingerprint density at radius 3 is 2.46 bits per heavy atom. The molecule has 1 amide bonds. The molecule has 1 fully saturated rings. The van der Waals surface area contributed by atoms with Gasteiger partial charge in [0.2, 0.25) is 5.91 Å². The number of imidazole rings is 1. The number of nitrogens with zero attached hydrogens (tertiary/aromatic N) is 2. The lowest BCUT2D eigenvalue weighted by Gasteiger charge is -2.19. The topological polar surface area (TPSA) is 82.0 Å². The van der Waals surface area contributed by atoms with Crippen LogP contribution in [-0.4, -0.2) is 27.6 Å². The molecule has 26 heavy (non-hydrogen) atoms. The van der Waals surface area contributed by atoms with Crippen LogP contribution in [0.25, 0.3) is 11.0 Å². The van der Waals surface area contributed by atoms with Gasteiger partial charge in [-0.25, -0.2) is 4.79 Å². The van der Waals surface area contributed by atoms with Gasteiger partial charge in [0.1, 0.15) is 0 Å². The van der Waals surface area contributed by atoms with E-state index in [1.807, 2.05) is 24.3 Å². The average molecular weight is 381 g/mol. The van der Waals surface area contributed by atoms with Crippen LogP contribution in [0.15, 0.2) is 29.1 Å². The number of fused-ring (bicyclic) bond motifs is 1. The minimum absolute atomic E-state index is 0. The van der Waals surface area contributed by atoms with Gasteiger partial charge in [-0.3, -0.25) is 13.9 Å². The van der Waals surface area contributed by atoms with E-state index in [0.717, 1.165) is 36.7 Å². The first-order chi connectivity index (χ1) is 12.2. The smallest absolute Gasteiger partial charge is 0.329 e. The van der Waals surface area contributed by atoms with Crippen molar-refractivity contribution >= 4 is 29.3 Å². The standard InChI is InChI=1S/C19H28N4O2.ClH/c1-2-11-22-16-8-3-4-9-17(16)23(19(22)25)12-10-18(24)21-15-7-5-6-14(15)13-20;/h3-4,8-9,14-15H,2,5-7,10-13,20H2,1H3,(H,21,24);1H. The fraction of sp³-hybridized carbons (Fsp3) is 0.579. The second-order valence-electron chi connectivity index (χ2n) is 6.93. The van der Waals surface area contributed by atoms with Gasteiger partial charge < -0.3 is 11.1 Å². The Morgan fingerprint density at radius 1 is 1.19 bits per heavy atom. The van der Waals surface area contributed by atoms with E-state index in [-0.39, 0.29) is 30.0 Å². The third-order valence-corrected chi connectivity index (χ3v) is 5.24. The number of hydrogen-bond acceptors (Lipinski definition) is 3. The molecule has 6 nitrogen and oxygen atoms in total. The maximum absolute atomic E-state index is 12.7. The van der Waals surface area contributed by atoms with Gasteiger partial charge in [0.05, 0.1) is 11.0 Å². The molecule has 1 saturated carbocycles. The van der Waals surface area contributed by atoms with Crippen molar-refractivity contribution < 1.29 is 4.79 Å². The Hall–Kier alpha value is -1.79. The second kappa shape index (κ2) is 9.24. The molecule has 144 valence electrons. The first-order valence-corrected chi connectivity index (χ1v) is 9.33. The summed E-state index contributed by atoms with van der Waals surface area (Å²) >= 11 is 0. The first kappa shape index (κ1) is 20.5. The molecule has 0 saturated heterocycles. The summed E-state index contributed by atoms with van der Waals surface area (Å²) in [6.07, 6.45) is 4.43. The number of rotatable bonds is 7. The largest absolute Gasteiger partial charge is 0.353 e. The molecule has 1 aliphatic rings. The molecule has 7 heteroatoms. The summed E-state index contributed by atoms with van der Waals surface area (Å²) in [7, 11) is 0. The highest BCUT2D eigenvalue weighted by molar-refractivity contribution is 5.85. The maximum atomic E-state index is 12.7. The molecule has 1 aliphatic carbocycles. The number of amides is 1. The summed E-state index contributed by atoms with van der Waals surface area (Å²) in [4.78, 5) is 25.1. The molecule has 0 aliphatic heterocycles. The Morgan fingerprint density at radius 2 is 1.85 bits per heavy atom. The average Bonchev–Trinajstić information content (AvgIpc) is 3.17. The van der Waals surface area contributed by atoms with Crippen LogP contribution in [0, 0.1) is 5.92 Å². The Kier molecular flexibility index (Phi) is 7.29. The summed E-state index contributed by atoms with van der Waals surface area (Å²) in [6.45, 7) is 3.77. The Balaban J connectivity index is 0.00000243. The molecule has 1 heterocycles. The van der Waals surface area contributed by atoms with Crippen LogP contribution in [0.1, 0.15) is 39.0 Å². The lowest BCUT2D eigenvalue weighted by molar-refractivity contribution is -0.122. The van der Waals surface area contributed by atoms with Crippen molar-refractivity contribution in [1.29, 1.82) is 0 Å². The number of nitrogens with one attached hydrogen (secondary N) is 1. The summed E-state index contributed by atoms with van der Waals surface area (Å²) in [6, 6.07) is 7.97. The number of aromatic nitrogens is 2. The number of carbonyl (C=O) groups is 1. The molecule has 1 aromatic heterocycles. The second-order valence-corrected chi connectivity index (χ2v) is 6.93. The van der Waals surface area contributed by atoms with E-state index < -0.39 is 0 Å². The number of benzene rings is 1. The van der Waals surface area contributed by atoms with Crippen molar-refractivity contribution in [1.82, 2.24) is 14.5 Å². The normalized spacial score (nSPS) is 19.5. The highest BCUT2D eigenvalue weighted by Crippen LogP contribution is 2.24. The van der Waals surface area contributed by atoms with Crippen molar-refractivity contribution in [3.8, 4) is 0 Å². The number of halogens is 1. The first-order valence-electron chi connectivity index (χ1n) is 9.33. The van der Waals surface area contributed by atoms with Crippen molar-refractivity contribution in [3.05, 3.63) is 34.7 Å². The zero-order valence-corrected chi connectivity index (χ0v) is 16.1. The monoisotopic (exact) mass is 380 g/mol. The van der Waals surface area contributed by atoms with E-state index in [0.29, 0.717) is 32.0 Å². The summed E-state index contributed by atoms with van der Waals surface area (Å²) in [5.41, 5.74) is 7.58. The number of nitrogens with two attached hydrogens (primary N) is 1. The van der Waals surface area contributed by atoms with E-state index >= 15 is 0 Å². The highest BCUT2D eigenvalue weighted by Gasteiger charge is 2.27. The van der Waals surface area contributed by atoms with Gasteiger partial charge in [0, 0.05) is 25.6 Å². The quantitative estimate of drug-likeness (QED) is 0.773. The number of aryl methyl sites for hydroxylation is 2. The molecular weight excluding hydrogens is 352 g/mol. The van der Waals surface area contributed by atoms with Crippen LogP contribution in [-0.2, 0) is 17.9 Å². The molecule has 1 aromatic carbocycles. The van der Waals surface area contributed by atoms with Crippen molar-refractivity contribution in [3.63, 3.8) is 0 Å². The van der Waals surface area contributed by atoms with Gasteiger partial charge >= 0.3 is 5.69 Å². The van der Waals surface area contributed by atoms with E-state index in [1.165, 1.54) is 0 Å². The minimum Gasteiger partial charge on any atom is -0.353 e. The molecule has 3 rings (SSSR count). The molecule has 0 spiro atoms. The lowest BCUT2D eigenvalue weighted by Crippen LogP contribution is -2.40. The zero-order chi connectivity index (χ0) is 17.8. The SMILES string of the molecule is CCCn1c(=O)n(CCC(=O)NC2CCCC2CN)c2ccccc21.Cl. The fourth-order valence-electron chi connectivity index (χ4n) is 3.93. The van der Waals surface area contributed by atoms with Crippen LogP contribution in [0.5, 0.6) is 0 Å². The van der Waals surface area contributed by atoms with Crippen LogP contribution >= 0.6 is 12.4 Å². The van der Waals surface area contributed by atoms with E-state index in [9.17, 15) is 9.59 Å². The van der Waals surface area contributed by atoms with Gasteiger partial charge in [-0.15, -0.1) is 12.4 Å². The molecule has 0 bridgehead atoms. The predicted molar refractivity (Wildman–Crippen MR) is 107 cm³/mol. The predicted octanol–water partition coefficient (Wildman–Crippen LogP) is 2.27. The van der Waals surface area contributed by atoms with Crippen molar-refractivity contribution in [2.45, 2.75) is 58.2 Å². The Bertz CT molecular complexity index is 798. The fourth-order valence-corrected chi connectivity index (χ4v) is 3.93. The molecule has 2 unspecified atom stereocenters. The van der Waals surface area contributed by atoms with E-state index in [1.54, 1.807) is 9.13 Å². The van der Waals surface area contributed by atoms with Crippen molar-refractivity contribution in [2.75, 3.05) is 6.54 Å². The van der Waals surface area contributed by atoms with Crippen LogP contribution in [0.3, 0.4) is 0 Å². The molecule has 3 N–H and O–H groups in total. The van der Waals surface area contributed by atoms with Crippen LogP contribution < -0.4 is 16.7 Å². The van der Waals surface area contributed by atoms with Gasteiger partial charge in [0.15, 0.2) is 0 Å².